The van der Waals surface area contributed by atoms with Crippen molar-refractivity contribution >= 4 is 12.1 Å². The summed E-state index contributed by atoms with van der Waals surface area (Å²) in [6.07, 6.45) is 6.71. The Balaban J connectivity index is 1.51. The number of nitrogens with one attached hydrogen (secondary N) is 1. The van der Waals surface area contributed by atoms with Crippen LogP contribution < -0.4 is 5.32 Å². The number of carbonyl (C=O) groups is 2. The fourth-order valence-corrected chi connectivity index (χ4v) is 5.79. The maximum Gasteiger partial charge on any atom is 0.407 e. The summed E-state index contributed by atoms with van der Waals surface area (Å²) < 4.78 is 6.28. The number of piperidine rings is 1. The number of hydrogen-bond acceptors (Lipinski definition) is 3. The molecule has 1 amide bonds. The summed E-state index contributed by atoms with van der Waals surface area (Å²) in [5, 5.41) is 12.7. The van der Waals surface area contributed by atoms with Crippen LogP contribution >= 0.6 is 0 Å². The normalized spacial score (nSPS) is 21.8. The van der Waals surface area contributed by atoms with Gasteiger partial charge in [0, 0.05) is 12.3 Å². The lowest BCUT2D eigenvalue weighted by atomic mass is 9.70. The van der Waals surface area contributed by atoms with E-state index in [4.69, 9.17) is 11.2 Å². The van der Waals surface area contributed by atoms with E-state index in [1.54, 1.807) is 0 Å². The number of carboxylic acids is 1. The minimum absolute atomic E-state index is 0.0867. The Morgan fingerprint density at radius 1 is 1.18 bits per heavy atom. The maximum absolute atomic E-state index is 12.8. The molecule has 2 aromatic carbocycles. The van der Waals surface area contributed by atoms with Gasteiger partial charge < -0.3 is 19.6 Å². The molecule has 0 unspecified atom stereocenters. The second-order valence-corrected chi connectivity index (χ2v) is 9.91. The smallest absolute Gasteiger partial charge is 0.407 e. The number of aliphatic carboxylic acids is 1. The minimum atomic E-state index is -1.11. The molecule has 2 atom stereocenters. The minimum Gasteiger partial charge on any atom is -0.480 e. The van der Waals surface area contributed by atoms with Crippen molar-refractivity contribution in [2.24, 2.45) is 5.41 Å². The molecule has 2 aromatic rings. The predicted octanol–water partition coefficient (Wildman–Crippen LogP) is 3.86. The number of ether oxygens (including phenoxy) is 1. The first-order valence-electron chi connectivity index (χ1n) is 11.4. The van der Waals surface area contributed by atoms with E-state index in [0.717, 1.165) is 35.2 Å². The number of terminal acetylenes is 1. The van der Waals surface area contributed by atoms with Gasteiger partial charge in [-0.2, -0.15) is 0 Å². The lowest BCUT2D eigenvalue weighted by Crippen LogP contribution is -2.62. The lowest BCUT2D eigenvalue weighted by molar-refractivity contribution is -0.902. The number of rotatable bonds is 6. The first-order chi connectivity index (χ1) is 15.8. The first kappa shape index (κ1) is 22.9. The van der Waals surface area contributed by atoms with Crippen LogP contribution in [0.1, 0.15) is 36.3 Å². The van der Waals surface area contributed by atoms with Crippen LogP contribution in [0.3, 0.4) is 0 Å². The van der Waals surface area contributed by atoms with Gasteiger partial charge in [-0.25, -0.2) is 9.59 Å². The van der Waals surface area contributed by atoms with Crippen LogP contribution in [-0.2, 0) is 9.53 Å². The van der Waals surface area contributed by atoms with E-state index in [2.05, 4.69) is 37.5 Å². The highest BCUT2D eigenvalue weighted by atomic mass is 16.5. The number of nitrogens with zero attached hydrogens (tertiary/aromatic N) is 1. The molecule has 0 aromatic heterocycles. The number of fused-ring (bicyclic) bond motifs is 3. The molecular formula is C27H31N2O4+. The number of likely N-dealkylation sites (tertiary alicyclic amines) is 1. The van der Waals surface area contributed by atoms with Crippen molar-refractivity contribution in [2.75, 3.05) is 33.8 Å². The van der Waals surface area contributed by atoms with Gasteiger partial charge in [-0.15, -0.1) is 12.3 Å². The van der Waals surface area contributed by atoms with Gasteiger partial charge in [0.2, 0.25) is 0 Å². The monoisotopic (exact) mass is 447 g/mol. The summed E-state index contributed by atoms with van der Waals surface area (Å²) in [4.78, 5) is 25.1. The molecule has 0 bridgehead atoms. The highest BCUT2D eigenvalue weighted by Gasteiger charge is 2.50. The third kappa shape index (κ3) is 4.46. The van der Waals surface area contributed by atoms with Gasteiger partial charge in [0.15, 0.2) is 0 Å². The second-order valence-electron chi connectivity index (χ2n) is 9.91. The van der Waals surface area contributed by atoms with Gasteiger partial charge in [0.1, 0.15) is 12.6 Å². The van der Waals surface area contributed by atoms with Crippen molar-refractivity contribution in [1.82, 2.24) is 5.32 Å². The molecule has 0 radical (unpaired) electrons. The average molecular weight is 448 g/mol. The number of quaternary nitrogens is 1. The average Bonchev–Trinajstić information content (AvgIpc) is 3.09. The molecule has 1 heterocycles. The number of alkyl carbamates (subject to hydrolysis) is 1. The largest absolute Gasteiger partial charge is 0.480 e. The molecule has 1 aliphatic carbocycles. The molecule has 4 rings (SSSR count). The van der Waals surface area contributed by atoms with Crippen LogP contribution in [-0.4, -0.2) is 61.5 Å². The van der Waals surface area contributed by atoms with Gasteiger partial charge in [-0.3, -0.25) is 0 Å². The third-order valence-electron chi connectivity index (χ3n) is 7.10. The fourth-order valence-electron chi connectivity index (χ4n) is 5.79. The van der Waals surface area contributed by atoms with Crippen LogP contribution in [0.25, 0.3) is 11.1 Å². The van der Waals surface area contributed by atoms with E-state index in [1.807, 2.05) is 36.4 Å². The Morgan fingerprint density at radius 3 is 2.33 bits per heavy atom. The van der Waals surface area contributed by atoms with Crippen molar-refractivity contribution in [1.29, 1.82) is 0 Å². The van der Waals surface area contributed by atoms with E-state index in [-0.39, 0.29) is 18.9 Å². The summed E-state index contributed by atoms with van der Waals surface area (Å²) in [7, 11) is 4.13. The SMILES string of the molecule is C#CC[C@@]1([C@H](NC(=O)OCC2c3ccccc3-c3ccccc32)C(=O)O)CCC[N+](C)(C)C1. The van der Waals surface area contributed by atoms with Gasteiger partial charge in [0.25, 0.3) is 0 Å². The third-order valence-corrected chi connectivity index (χ3v) is 7.10. The maximum atomic E-state index is 12.8. The summed E-state index contributed by atoms with van der Waals surface area (Å²) in [6.45, 7) is 1.66. The Kier molecular flexibility index (Phi) is 6.18. The molecule has 2 N–H and O–H groups in total. The summed E-state index contributed by atoms with van der Waals surface area (Å²) >= 11 is 0. The highest BCUT2D eigenvalue weighted by molar-refractivity contribution is 5.82. The van der Waals surface area contributed by atoms with Crippen LogP contribution in [0, 0.1) is 17.8 Å². The second kappa shape index (κ2) is 8.92. The van der Waals surface area contributed by atoms with Crippen LogP contribution in [0.5, 0.6) is 0 Å². The summed E-state index contributed by atoms with van der Waals surface area (Å²) in [5.41, 5.74) is 3.78. The van der Waals surface area contributed by atoms with E-state index in [9.17, 15) is 14.7 Å². The van der Waals surface area contributed by atoms with E-state index in [0.29, 0.717) is 17.4 Å². The van der Waals surface area contributed by atoms with Gasteiger partial charge in [0.05, 0.1) is 32.6 Å². The Morgan fingerprint density at radius 2 is 1.79 bits per heavy atom. The van der Waals surface area contributed by atoms with E-state index >= 15 is 0 Å². The number of carbonyl (C=O) groups excluding carboxylic acids is 1. The number of amides is 1. The van der Waals surface area contributed by atoms with Crippen molar-refractivity contribution in [3.8, 4) is 23.5 Å². The highest BCUT2D eigenvalue weighted by Crippen LogP contribution is 2.44. The number of carboxylic acid groups (broad SMARTS) is 1. The van der Waals surface area contributed by atoms with Crippen molar-refractivity contribution < 1.29 is 23.9 Å². The van der Waals surface area contributed by atoms with Crippen LogP contribution in [0.2, 0.25) is 0 Å². The molecule has 172 valence electrons. The predicted molar refractivity (Wildman–Crippen MR) is 127 cm³/mol. The molecule has 6 heteroatoms. The molecule has 1 saturated heterocycles. The molecule has 1 fully saturated rings. The Labute approximate surface area is 195 Å². The van der Waals surface area contributed by atoms with E-state index < -0.39 is 23.5 Å². The number of hydrogen-bond donors (Lipinski definition) is 2. The van der Waals surface area contributed by atoms with Crippen LogP contribution in [0.4, 0.5) is 4.79 Å². The first-order valence-corrected chi connectivity index (χ1v) is 11.4. The van der Waals surface area contributed by atoms with E-state index in [1.165, 1.54) is 0 Å². The molecule has 33 heavy (non-hydrogen) atoms. The number of benzene rings is 2. The quantitative estimate of drug-likeness (QED) is 0.521. The Bertz CT molecular complexity index is 1060. The van der Waals surface area contributed by atoms with Crippen molar-refractivity contribution in [3.63, 3.8) is 0 Å². The molecule has 0 spiro atoms. The molecular weight excluding hydrogens is 416 g/mol. The molecule has 0 saturated carbocycles. The topological polar surface area (TPSA) is 75.6 Å². The fraction of sp³-hybridized carbons (Fsp3) is 0.407. The zero-order valence-electron chi connectivity index (χ0n) is 19.2. The van der Waals surface area contributed by atoms with Crippen molar-refractivity contribution in [3.05, 3.63) is 59.7 Å². The molecule has 2 aliphatic rings. The summed E-state index contributed by atoms with van der Waals surface area (Å²) in [6, 6.07) is 15.1. The Hall–Kier alpha value is -3.30. The van der Waals surface area contributed by atoms with Gasteiger partial charge in [-0.05, 0) is 35.1 Å². The van der Waals surface area contributed by atoms with Gasteiger partial charge >= 0.3 is 12.1 Å². The van der Waals surface area contributed by atoms with Crippen LogP contribution in [0.15, 0.2) is 48.5 Å². The lowest BCUT2D eigenvalue weighted by Gasteiger charge is -2.47. The van der Waals surface area contributed by atoms with Crippen molar-refractivity contribution in [2.45, 2.75) is 31.2 Å². The van der Waals surface area contributed by atoms with Gasteiger partial charge in [-0.1, -0.05) is 48.5 Å². The standard InChI is InChI=1S/C27H30N2O4/c1-4-14-27(15-9-16-29(2,3)18-27)24(25(30)31)28-26(32)33-17-23-21-12-7-5-10-19(21)20-11-6-8-13-22(20)23/h1,5-8,10-13,23-24H,9,14-18H2,2-3H3,(H-,28,30,31,32)/p+1/t24-,27-/m1/s1. The zero-order valence-corrected chi connectivity index (χ0v) is 19.2. The molecule has 6 nitrogen and oxygen atoms in total. The summed E-state index contributed by atoms with van der Waals surface area (Å²) in [5.74, 6) is 1.49. The zero-order chi connectivity index (χ0) is 23.6. The molecule has 1 aliphatic heterocycles.